The molecule has 42 heavy (non-hydrogen) atoms. The average Bonchev–Trinajstić information content (AvgIpc) is 3.10. The van der Waals surface area contributed by atoms with Crippen LogP contribution in [-0.4, -0.2) is 81.3 Å². The van der Waals surface area contributed by atoms with Crippen LogP contribution in [0.5, 0.6) is 5.88 Å². The number of halogens is 1. The van der Waals surface area contributed by atoms with Crippen molar-refractivity contribution in [3.8, 4) is 17.0 Å². The Hall–Kier alpha value is -3.35. The highest BCUT2D eigenvalue weighted by molar-refractivity contribution is 7.92. The molecule has 12 heteroatoms. The molecule has 0 saturated carbocycles. The molecule has 1 fully saturated rings. The van der Waals surface area contributed by atoms with E-state index in [-0.39, 0.29) is 35.7 Å². The van der Waals surface area contributed by atoms with E-state index in [4.69, 9.17) is 4.74 Å². The standard InChI is InChI=1S/C30H39FN6O4S/c1-18(2)7-9-37-16-30(17-37)27-22-12-21(23(31)13-24(22)33-15-26(27)36(5)29(30)38)20-11-25(35-42(6,39)40)28(34-14-20)41-10-8-32-19(3)4/h11-15,18-19,32,35H,7-10,16-17H2,1-6H3. The third kappa shape index (κ3) is 5.80. The second-order valence-electron chi connectivity index (χ2n) is 12.1. The lowest BCUT2D eigenvalue weighted by Gasteiger charge is -2.47. The zero-order valence-corrected chi connectivity index (χ0v) is 25.8. The highest BCUT2D eigenvalue weighted by Crippen LogP contribution is 2.50. The highest BCUT2D eigenvalue weighted by atomic mass is 32.2. The first-order valence-electron chi connectivity index (χ1n) is 14.3. The third-order valence-electron chi connectivity index (χ3n) is 7.85. The molecule has 1 aromatic carbocycles. The summed E-state index contributed by atoms with van der Waals surface area (Å²) in [4.78, 5) is 26.4. The summed E-state index contributed by atoms with van der Waals surface area (Å²) in [6.07, 6.45) is 5.19. The number of benzene rings is 1. The Balaban J connectivity index is 1.55. The van der Waals surface area contributed by atoms with E-state index in [0.717, 1.165) is 30.5 Å². The van der Waals surface area contributed by atoms with E-state index in [1.807, 2.05) is 13.8 Å². The number of nitrogens with one attached hydrogen (secondary N) is 2. The van der Waals surface area contributed by atoms with Gasteiger partial charge in [0.25, 0.3) is 0 Å². The minimum atomic E-state index is -3.67. The van der Waals surface area contributed by atoms with Crippen LogP contribution in [-0.2, 0) is 20.2 Å². The summed E-state index contributed by atoms with van der Waals surface area (Å²) in [7, 11) is -1.91. The molecule has 2 N–H and O–H groups in total. The predicted molar refractivity (Wildman–Crippen MR) is 163 cm³/mol. The van der Waals surface area contributed by atoms with Crippen LogP contribution in [0.4, 0.5) is 15.8 Å². The lowest BCUT2D eigenvalue weighted by Crippen LogP contribution is -2.63. The first-order chi connectivity index (χ1) is 19.8. The number of pyridine rings is 2. The maximum atomic E-state index is 15.6. The molecular formula is C30H39FN6O4S. The van der Waals surface area contributed by atoms with Crippen LogP contribution >= 0.6 is 0 Å². The Labute approximate surface area is 246 Å². The van der Waals surface area contributed by atoms with E-state index in [1.54, 1.807) is 24.2 Å². The smallest absolute Gasteiger partial charge is 0.240 e. The molecule has 1 spiro atoms. The van der Waals surface area contributed by atoms with Gasteiger partial charge in [0.1, 0.15) is 23.5 Å². The third-order valence-corrected chi connectivity index (χ3v) is 8.44. The second-order valence-corrected chi connectivity index (χ2v) is 13.9. The van der Waals surface area contributed by atoms with Crippen molar-refractivity contribution in [3.63, 3.8) is 0 Å². The van der Waals surface area contributed by atoms with Gasteiger partial charge in [-0.3, -0.25) is 14.5 Å². The summed E-state index contributed by atoms with van der Waals surface area (Å²) < 4.78 is 48.1. The zero-order chi connectivity index (χ0) is 30.4. The number of aromatic nitrogens is 2. The van der Waals surface area contributed by atoms with Gasteiger partial charge in [-0.25, -0.2) is 17.8 Å². The lowest BCUT2D eigenvalue weighted by atomic mass is 9.73. The van der Waals surface area contributed by atoms with Gasteiger partial charge in [0.15, 0.2) is 0 Å². The molecule has 226 valence electrons. The summed E-state index contributed by atoms with van der Waals surface area (Å²) in [5.74, 6) is 0.153. The van der Waals surface area contributed by atoms with Crippen LogP contribution in [0.25, 0.3) is 22.0 Å². The summed E-state index contributed by atoms with van der Waals surface area (Å²) in [6.45, 7) is 11.3. The number of likely N-dealkylation sites (tertiary alicyclic amines) is 1. The van der Waals surface area contributed by atoms with Gasteiger partial charge in [0, 0.05) is 67.1 Å². The van der Waals surface area contributed by atoms with E-state index < -0.39 is 21.3 Å². The summed E-state index contributed by atoms with van der Waals surface area (Å²) in [5.41, 5.74) is 2.04. The molecule has 1 amide bonds. The number of carbonyl (C=O) groups is 1. The maximum absolute atomic E-state index is 15.6. The largest absolute Gasteiger partial charge is 0.475 e. The molecule has 1 saturated heterocycles. The first-order valence-corrected chi connectivity index (χ1v) is 16.2. The fourth-order valence-electron chi connectivity index (χ4n) is 5.81. The van der Waals surface area contributed by atoms with Crippen LogP contribution in [0.1, 0.15) is 39.7 Å². The molecule has 4 heterocycles. The van der Waals surface area contributed by atoms with Crippen LogP contribution in [0.15, 0.2) is 30.6 Å². The first kappa shape index (κ1) is 30.1. The second kappa shape index (κ2) is 11.4. The van der Waals surface area contributed by atoms with Gasteiger partial charge in [-0.1, -0.05) is 27.7 Å². The number of fused-ring (bicyclic) bond motifs is 4. The van der Waals surface area contributed by atoms with Gasteiger partial charge >= 0.3 is 0 Å². The number of nitrogens with zero attached hydrogens (tertiary/aromatic N) is 4. The van der Waals surface area contributed by atoms with Crippen molar-refractivity contribution in [1.29, 1.82) is 0 Å². The molecular weight excluding hydrogens is 559 g/mol. The van der Waals surface area contributed by atoms with Gasteiger partial charge < -0.3 is 19.9 Å². The van der Waals surface area contributed by atoms with E-state index in [2.05, 4.69) is 38.8 Å². The van der Waals surface area contributed by atoms with Crippen molar-refractivity contribution >= 4 is 38.2 Å². The number of hydrogen-bond donors (Lipinski definition) is 2. The minimum absolute atomic E-state index is 0.0215. The molecule has 5 rings (SSSR count). The minimum Gasteiger partial charge on any atom is -0.475 e. The quantitative estimate of drug-likeness (QED) is 0.321. The molecule has 0 bridgehead atoms. The van der Waals surface area contributed by atoms with Gasteiger partial charge in [-0.15, -0.1) is 0 Å². The van der Waals surface area contributed by atoms with E-state index in [9.17, 15) is 13.2 Å². The van der Waals surface area contributed by atoms with Crippen LogP contribution in [0, 0.1) is 11.7 Å². The Morgan fingerprint density at radius 1 is 1.12 bits per heavy atom. The Kier molecular flexibility index (Phi) is 8.16. The predicted octanol–water partition coefficient (Wildman–Crippen LogP) is 3.76. The number of rotatable bonds is 11. The fraction of sp³-hybridized carbons (Fsp3) is 0.500. The summed E-state index contributed by atoms with van der Waals surface area (Å²) >= 11 is 0. The van der Waals surface area contributed by atoms with Crippen LogP contribution in [0.2, 0.25) is 0 Å². The number of hydrogen-bond acceptors (Lipinski definition) is 8. The highest BCUT2D eigenvalue weighted by Gasteiger charge is 2.57. The molecule has 3 aromatic rings. The number of ether oxygens (including phenoxy) is 1. The molecule has 2 aliphatic heterocycles. The van der Waals surface area contributed by atoms with Crippen molar-refractivity contribution in [2.24, 2.45) is 5.92 Å². The van der Waals surface area contributed by atoms with Gasteiger partial charge in [-0.2, -0.15) is 0 Å². The normalized spacial score (nSPS) is 16.5. The van der Waals surface area contributed by atoms with Crippen LogP contribution in [0.3, 0.4) is 0 Å². The molecule has 0 radical (unpaired) electrons. The van der Waals surface area contributed by atoms with E-state index >= 15 is 4.39 Å². The van der Waals surface area contributed by atoms with Gasteiger partial charge in [0.05, 0.1) is 23.7 Å². The van der Waals surface area contributed by atoms with Crippen molar-refractivity contribution in [3.05, 3.63) is 42.0 Å². The van der Waals surface area contributed by atoms with E-state index in [0.29, 0.717) is 42.0 Å². The SMILES string of the molecule is CC(C)CCN1CC2(C1)C(=O)N(C)c1cnc3cc(F)c(-c4cnc(OCCNC(C)C)c(NS(C)(=O)=O)c4)cc3c12. The Bertz CT molecular complexity index is 1620. The summed E-state index contributed by atoms with van der Waals surface area (Å²) in [5, 5.41) is 3.92. The van der Waals surface area contributed by atoms with E-state index in [1.165, 1.54) is 18.3 Å². The van der Waals surface area contributed by atoms with Crippen molar-refractivity contribution < 1.29 is 22.3 Å². The van der Waals surface area contributed by atoms with Gasteiger partial charge in [-0.05, 0) is 31.0 Å². The number of likely N-dealkylation sites (N-methyl/N-ethyl adjacent to an activating group) is 1. The molecule has 10 nitrogen and oxygen atoms in total. The molecule has 0 unspecified atom stereocenters. The van der Waals surface area contributed by atoms with Crippen molar-refractivity contribution in [1.82, 2.24) is 20.2 Å². The molecule has 0 atom stereocenters. The molecule has 2 aliphatic rings. The number of amides is 1. The van der Waals surface area contributed by atoms with Crippen molar-refractivity contribution in [2.45, 2.75) is 45.6 Å². The number of sulfonamides is 1. The Morgan fingerprint density at radius 3 is 2.52 bits per heavy atom. The van der Waals surface area contributed by atoms with Crippen LogP contribution < -0.4 is 19.7 Å². The lowest BCUT2D eigenvalue weighted by molar-refractivity contribution is -0.129. The Morgan fingerprint density at radius 2 is 1.86 bits per heavy atom. The average molecular weight is 599 g/mol. The number of anilines is 2. The van der Waals surface area contributed by atoms with Crippen molar-refractivity contribution in [2.75, 3.05) is 55.7 Å². The van der Waals surface area contributed by atoms with Gasteiger partial charge in [0.2, 0.25) is 21.8 Å². The molecule has 0 aliphatic carbocycles. The monoisotopic (exact) mass is 598 g/mol. The zero-order valence-electron chi connectivity index (χ0n) is 25.0. The summed E-state index contributed by atoms with van der Waals surface area (Å²) in [6, 6.07) is 4.85. The topological polar surface area (TPSA) is 117 Å². The number of carbonyl (C=O) groups excluding carboxylic acids is 1. The molecule has 2 aromatic heterocycles. The fourth-order valence-corrected chi connectivity index (χ4v) is 6.36. The maximum Gasteiger partial charge on any atom is 0.240 e.